The first kappa shape index (κ1) is 10.6. The summed E-state index contributed by atoms with van der Waals surface area (Å²) in [6.45, 7) is 3.41. The average Bonchev–Trinajstić information content (AvgIpc) is 2.25. The SMILES string of the molecule is Cc1cnc(Cl)nc1OC1CCOCC1. The van der Waals surface area contributed by atoms with E-state index in [4.69, 9.17) is 21.1 Å². The van der Waals surface area contributed by atoms with E-state index >= 15 is 0 Å². The molecule has 1 saturated heterocycles. The normalized spacial score (nSPS) is 17.7. The molecule has 0 saturated carbocycles. The topological polar surface area (TPSA) is 44.2 Å². The first-order chi connectivity index (χ1) is 7.25. The summed E-state index contributed by atoms with van der Waals surface area (Å²) in [5.41, 5.74) is 0.908. The van der Waals surface area contributed by atoms with Crippen LogP contribution in [-0.4, -0.2) is 29.3 Å². The van der Waals surface area contributed by atoms with Crippen LogP contribution in [0.1, 0.15) is 18.4 Å². The van der Waals surface area contributed by atoms with Gasteiger partial charge < -0.3 is 9.47 Å². The second-order valence-electron chi connectivity index (χ2n) is 3.56. The van der Waals surface area contributed by atoms with Crippen LogP contribution in [0, 0.1) is 6.92 Å². The third-order valence-corrected chi connectivity index (χ3v) is 2.52. The molecule has 2 rings (SSSR count). The third-order valence-electron chi connectivity index (χ3n) is 2.34. The number of hydrogen-bond acceptors (Lipinski definition) is 4. The summed E-state index contributed by atoms with van der Waals surface area (Å²) in [6.07, 6.45) is 3.66. The van der Waals surface area contributed by atoms with Crippen molar-refractivity contribution in [2.75, 3.05) is 13.2 Å². The standard InChI is InChI=1S/C10H13ClN2O2/c1-7-6-12-10(11)13-9(7)15-8-2-4-14-5-3-8/h6,8H,2-5H2,1H3. The van der Waals surface area contributed by atoms with Gasteiger partial charge in [0, 0.05) is 24.6 Å². The third kappa shape index (κ3) is 2.79. The van der Waals surface area contributed by atoms with Crippen LogP contribution < -0.4 is 4.74 Å². The fourth-order valence-corrected chi connectivity index (χ4v) is 1.60. The maximum absolute atomic E-state index is 5.75. The highest BCUT2D eigenvalue weighted by Gasteiger charge is 2.17. The van der Waals surface area contributed by atoms with Gasteiger partial charge in [0.25, 0.3) is 0 Å². The second kappa shape index (κ2) is 4.77. The van der Waals surface area contributed by atoms with E-state index in [0.717, 1.165) is 31.6 Å². The molecule has 1 aliphatic heterocycles. The molecule has 0 aromatic carbocycles. The summed E-state index contributed by atoms with van der Waals surface area (Å²) < 4.78 is 11.0. The van der Waals surface area contributed by atoms with Gasteiger partial charge in [-0.15, -0.1) is 0 Å². The number of ether oxygens (including phenoxy) is 2. The molecule has 1 aliphatic rings. The average molecular weight is 229 g/mol. The fraction of sp³-hybridized carbons (Fsp3) is 0.600. The maximum Gasteiger partial charge on any atom is 0.225 e. The van der Waals surface area contributed by atoms with Crippen molar-refractivity contribution in [3.63, 3.8) is 0 Å². The molecule has 5 heteroatoms. The summed E-state index contributed by atoms with van der Waals surface area (Å²) in [7, 11) is 0. The molecule has 1 aromatic rings. The van der Waals surface area contributed by atoms with Gasteiger partial charge in [-0.2, -0.15) is 4.98 Å². The van der Waals surface area contributed by atoms with E-state index in [9.17, 15) is 0 Å². The number of aromatic nitrogens is 2. The molecular formula is C10H13ClN2O2. The van der Waals surface area contributed by atoms with Crippen LogP contribution in [0.2, 0.25) is 5.28 Å². The van der Waals surface area contributed by atoms with E-state index < -0.39 is 0 Å². The van der Waals surface area contributed by atoms with Crippen molar-refractivity contribution in [1.29, 1.82) is 0 Å². The Labute approximate surface area is 93.6 Å². The number of hydrogen-bond donors (Lipinski definition) is 0. The van der Waals surface area contributed by atoms with Crippen LogP contribution in [0.4, 0.5) is 0 Å². The Balaban J connectivity index is 2.05. The van der Waals surface area contributed by atoms with Crippen LogP contribution in [0.15, 0.2) is 6.20 Å². The minimum Gasteiger partial charge on any atom is -0.474 e. The number of halogens is 1. The van der Waals surface area contributed by atoms with Crippen molar-refractivity contribution in [3.05, 3.63) is 17.0 Å². The van der Waals surface area contributed by atoms with E-state index in [1.165, 1.54) is 0 Å². The molecular weight excluding hydrogens is 216 g/mol. The molecule has 0 spiro atoms. The Morgan fingerprint density at radius 2 is 2.20 bits per heavy atom. The molecule has 82 valence electrons. The van der Waals surface area contributed by atoms with Gasteiger partial charge in [0.2, 0.25) is 11.2 Å². The molecule has 15 heavy (non-hydrogen) atoms. The molecule has 0 radical (unpaired) electrons. The zero-order chi connectivity index (χ0) is 10.7. The Morgan fingerprint density at radius 3 is 2.93 bits per heavy atom. The Kier molecular flexibility index (Phi) is 3.38. The molecule has 0 amide bonds. The van der Waals surface area contributed by atoms with Crippen molar-refractivity contribution < 1.29 is 9.47 Å². The summed E-state index contributed by atoms with van der Waals surface area (Å²) in [5, 5.41) is 0.225. The minimum absolute atomic E-state index is 0.184. The zero-order valence-corrected chi connectivity index (χ0v) is 9.33. The van der Waals surface area contributed by atoms with Crippen molar-refractivity contribution in [3.8, 4) is 5.88 Å². The molecule has 0 N–H and O–H groups in total. The van der Waals surface area contributed by atoms with E-state index in [-0.39, 0.29) is 11.4 Å². The monoisotopic (exact) mass is 228 g/mol. The number of rotatable bonds is 2. The van der Waals surface area contributed by atoms with E-state index in [0.29, 0.717) is 5.88 Å². The van der Waals surface area contributed by atoms with Gasteiger partial charge >= 0.3 is 0 Å². The Bertz CT molecular complexity index is 340. The van der Waals surface area contributed by atoms with Crippen LogP contribution >= 0.6 is 11.6 Å². The Hall–Kier alpha value is -0.870. The van der Waals surface area contributed by atoms with Gasteiger partial charge in [0.1, 0.15) is 6.10 Å². The lowest BCUT2D eigenvalue weighted by Gasteiger charge is -2.23. The molecule has 1 fully saturated rings. The summed E-state index contributed by atoms with van der Waals surface area (Å²) >= 11 is 5.71. The minimum atomic E-state index is 0.184. The smallest absolute Gasteiger partial charge is 0.225 e. The molecule has 2 heterocycles. The highest BCUT2D eigenvalue weighted by atomic mass is 35.5. The van der Waals surface area contributed by atoms with Gasteiger partial charge in [-0.25, -0.2) is 4.98 Å². The number of nitrogens with zero attached hydrogens (tertiary/aromatic N) is 2. The lowest BCUT2D eigenvalue weighted by Crippen LogP contribution is -2.26. The van der Waals surface area contributed by atoms with Crippen LogP contribution in [0.5, 0.6) is 5.88 Å². The van der Waals surface area contributed by atoms with E-state index in [1.54, 1.807) is 6.20 Å². The first-order valence-electron chi connectivity index (χ1n) is 4.99. The van der Waals surface area contributed by atoms with Gasteiger partial charge in [-0.1, -0.05) is 0 Å². The highest BCUT2D eigenvalue weighted by molar-refractivity contribution is 6.28. The van der Waals surface area contributed by atoms with E-state index in [2.05, 4.69) is 9.97 Å². The summed E-state index contributed by atoms with van der Waals surface area (Å²) in [6, 6.07) is 0. The van der Waals surface area contributed by atoms with Crippen molar-refractivity contribution in [1.82, 2.24) is 9.97 Å². The van der Waals surface area contributed by atoms with Crippen molar-refractivity contribution in [2.45, 2.75) is 25.9 Å². The van der Waals surface area contributed by atoms with Crippen LogP contribution in [0.25, 0.3) is 0 Å². The van der Waals surface area contributed by atoms with Crippen molar-refractivity contribution in [2.24, 2.45) is 0 Å². The maximum atomic E-state index is 5.75. The van der Waals surface area contributed by atoms with E-state index in [1.807, 2.05) is 6.92 Å². The fourth-order valence-electron chi connectivity index (χ4n) is 1.48. The van der Waals surface area contributed by atoms with Gasteiger partial charge in [0.15, 0.2) is 0 Å². The predicted molar refractivity (Wildman–Crippen MR) is 56.2 cm³/mol. The molecule has 4 nitrogen and oxygen atoms in total. The largest absolute Gasteiger partial charge is 0.474 e. The van der Waals surface area contributed by atoms with Crippen molar-refractivity contribution >= 4 is 11.6 Å². The van der Waals surface area contributed by atoms with Gasteiger partial charge in [0.05, 0.1) is 13.2 Å². The highest BCUT2D eigenvalue weighted by Crippen LogP contribution is 2.20. The van der Waals surface area contributed by atoms with Gasteiger partial charge in [-0.05, 0) is 18.5 Å². The number of aryl methyl sites for hydroxylation is 1. The zero-order valence-electron chi connectivity index (χ0n) is 8.57. The summed E-state index contributed by atoms with van der Waals surface area (Å²) in [5.74, 6) is 0.585. The molecule has 0 unspecified atom stereocenters. The molecule has 1 aromatic heterocycles. The molecule has 0 bridgehead atoms. The van der Waals surface area contributed by atoms with Crippen LogP contribution in [-0.2, 0) is 4.74 Å². The van der Waals surface area contributed by atoms with Crippen LogP contribution in [0.3, 0.4) is 0 Å². The second-order valence-corrected chi connectivity index (χ2v) is 3.89. The first-order valence-corrected chi connectivity index (χ1v) is 5.37. The van der Waals surface area contributed by atoms with Gasteiger partial charge in [-0.3, -0.25) is 0 Å². The quantitative estimate of drug-likeness (QED) is 0.727. The molecule has 0 atom stereocenters. The summed E-state index contributed by atoms with van der Waals surface area (Å²) in [4.78, 5) is 7.94. The lowest BCUT2D eigenvalue weighted by atomic mass is 10.1. The predicted octanol–water partition coefficient (Wildman–Crippen LogP) is 2.00. The molecule has 0 aliphatic carbocycles. The Morgan fingerprint density at radius 1 is 1.47 bits per heavy atom. The lowest BCUT2D eigenvalue weighted by molar-refractivity contribution is 0.0234.